The number of fused-ring (bicyclic) bond motifs is 1. The summed E-state index contributed by atoms with van der Waals surface area (Å²) >= 11 is 12.7. The van der Waals surface area contributed by atoms with Crippen LogP contribution in [0.2, 0.25) is 10.0 Å². The number of halogens is 2. The van der Waals surface area contributed by atoms with E-state index in [1.807, 2.05) is 30.3 Å². The number of primary amides is 1. The number of ether oxygens (including phenoxy) is 1. The molecule has 0 saturated carbocycles. The predicted molar refractivity (Wildman–Crippen MR) is 100 cm³/mol. The highest BCUT2D eigenvalue weighted by molar-refractivity contribution is 6.35. The quantitative estimate of drug-likeness (QED) is 0.781. The lowest BCUT2D eigenvalue weighted by atomic mass is 9.81. The molecule has 3 N–H and O–H groups in total. The Morgan fingerprint density at radius 3 is 2.54 bits per heavy atom. The molecule has 136 valence electrons. The van der Waals surface area contributed by atoms with Crippen molar-refractivity contribution < 1.29 is 14.3 Å². The largest absolute Gasteiger partial charge is 0.467 e. The Balaban J connectivity index is 2.21. The summed E-state index contributed by atoms with van der Waals surface area (Å²) in [5.41, 5.74) is 10.0. The van der Waals surface area contributed by atoms with E-state index in [-0.39, 0.29) is 5.92 Å². The van der Waals surface area contributed by atoms with Crippen molar-refractivity contribution in [2.24, 2.45) is 5.73 Å². The Bertz CT molecular complexity index is 845. The van der Waals surface area contributed by atoms with Gasteiger partial charge in [-0.2, -0.15) is 0 Å². The van der Waals surface area contributed by atoms with Gasteiger partial charge in [-0.05, 0) is 24.1 Å². The number of esters is 1. The molecule has 1 heterocycles. The third-order valence-corrected chi connectivity index (χ3v) is 4.89. The number of carbonyl (C=O) groups is 2. The van der Waals surface area contributed by atoms with Crippen LogP contribution in [0.4, 0.5) is 10.5 Å². The van der Waals surface area contributed by atoms with Gasteiger partial charge in [0.05, 0.1) is 12.8 Å². The first-order valence-electron chi connectivity index (χ1n) is 7.89. The smallest absolute Gasteiger partial charge is 0.331 e. The molecule has 3 rings (SSSR count). The molecule has 1 aliphatic heterocycles. The maximum atomic E-state index is 12.4. The van der Waals surface area contributed by atoms with Crippen LogP contribution in [0, 0.1) is 0 Å². The molecule has 0 unspecified atom stereocenters. The molecule has 2 amide bonds. The summed E-state index contributed by atoms with van der Waals surface area (Å²) in [6.07, 6.45) is 0.352. The number of amides is 2. The maximum absolute atomic E-state index is 12.4. The predicted octanol–water partition coefficient (Wildman–Crippen LogP) is 3.46. The van der Waals surface area contributed by atoms with Crippen molar-refractivity contribution in [3.63, 3.8) is 0 Å². The minimum absolute atomic E-state index is 0.175. The summed E-state index contributed by atoms with van der Waals surface area (Å²) in [5.74, 6) is -0.674. The SMILES string of the molecule is COC(=O)[C@@H]1C[C@@H](c2ccccc2)c2c(Cl)cc(Cl)cc2N1NC(N)=O. The fourth-order valence-electron chi connectivity index (χ4n) is 3.31. The number of nitrogens with two attached hydrogens (primary N) is 1. The standard InChI is InChI=1S/C18H17Cl2N3O3/c1-26-17(24)15-9-12(10-5-3-2-4-6-10)16-13(20)7-11(19)8-14(16)23(15)22-18(21)25/h2-8,12,15H,9H2,1H3,(H3,21,22,25)/t12-,15-/m0/s1. The zero-order chi connectivity index (χ0) is 18.8. The van der Waals surface area contributed by atoms with E-state index in [1.165, 1.54) is 12.1 Å². The highest BCUT2D eigenvalue weighted by Gasteiger charge is 2.40. The molecule has 0 aromatic heterocycles. The fraction of sp³-hybridized carbons (Fsp3) is 0.222. The minimum Gasteiger partial charge on any atom is -0.467 e. The summed E-state index contributed by atoms with van der Waals surface area (Å²) in [7, 11) is 1.29. The molecule has 0 radical (unpaired) electrons. The molecule has 0 aliphatic carbocycles. The van der Waals surface area contributed by atoms with E-state index >= 15 is 0 Å². The third kappa shape index (κ3) is 3.43. The van der Waals surface area contributed by atoms with Crippen LogP contribution in [0.1, 0.15) is 23.5 Å². The van der Waals surface area contributed by atoms with Crippen LogP contribution in [-0.4, -0.2) is 25.2 Å². The van der Waals surface area contributed by atoms with Gasteiger partial charge in [0.2, 0.25) is 0 Å². The van der Waals surface area contributed by atoms with Crippen LogP contribution in [-0.2, 0) is 9.53 Å². The molecule has 2 aromatic rings. The van der Waals surface area contributed by atoms with Gasteiger partial charge >= 0.3 is 12.0 Å². The van der Waals surface area contributed by atoms with Gasteiger partial charge in [-0.25, -0.2) is 15.0 Å². The Kier molecular flexibility index (Phi) is 5.25. The van der Waals surface area contributed by atoms with Gasteiger partial charge < -0.3 is 10.5 Å². The number of anilines is 1. The van der Waals surface area contributed by atoms with Gasteiger partial charge in [0, 0.05) is 21.5 Å². The number of hydrazine groups is 1. The number of hydrogen-bond acceptors (Lipinski definition) is 4. The topological polar surface area (TPSA) is 84.7 Å². The molecule has 0 spiro atoms. The van der Waals surface area contributed by atoms with Crippen LogP contribution >= 0.6 is 23.2 Å². The zero-order valence-electron chi connectivity index (χ0n) is 13.9. The maximum Gasteiger partial charge on any atom is 0.331 e. The average Bonchev–Trinajstić information content (AvgIpc) is 2.61. The number of urea groups is 1. The van der Waals surface area contributed by atoms with Crippen molar-refractivity contribution in [3.8, 4) is 0 Å². The number of methoxy groups -OCH3 is 1. The van der Waals surface area contributed by atoms with E-state index < -0.39 is 18.0 Å². The molecule has 8 heteroatoms. The van der Waals surface area contributed by atoms with Crippen LogP contribution < -0.4 is 16.2 Å². The van der Waals surface area contributed by atoms with Gasteiger partial charge in [-0.15, -0.1) is 0 Å². The van der Waals surface area contributed by atoms with E-state index in [0.717, 1.165) is 11.1 Å². The Hall–Kier alpha value is -2.44. The van der Waals surface area contributed by atoms with Crippen LogP contribution in [0.5, 0.6) is 0 Å². The molecule has 1 aliphatic rings. The van der Waals surface area contributed by atoms with Gasteiger partial charge in [0.15, 0.2) is 0 Å². The Labute approximate surface area is 160 Å². The zero-order valence-corrected chi connectivity index (χ0v) is 15.4. The summed E-state index contributed by atoms with van der Waals surface area (Å²) < 4.78 is 4.92. The number of nitrogens with one attached hydrogen (secondary N) is 1. The van der Waals surface area contributed by atoms with Crippen molar-refractivity contribution in [2.75, 3.05) is 12.1 Å². The third-order valence-electron chi connectivity index (χ3n) is 4.36. The molecular formula is C18H17Cl2N3O3. The van der Waals surface area contributed by atoms with Crippen molar-refractivity contribution in [1.82, 2.24) is 5.43 Å². The van der Waals surface area contributed by atoms with Gasteiger partial charge in [-0.3, -0.25) is 5.01 Å². The van der Waals surface area contributed by atoms with Crippen LogP contribution in [0.15, 0.2) is 42.5 Å². The summed E-state index contributed by atoms with van der Waals surface area (Å²) in [5, 5.41) is 2.20. The van der Waals surface area contributed by atoms with Crippen LogP contribution in [0.25, 0.3) is 0 Å². The van der Waals surface area contributed by atoms with Crippen molar-refractivity contribution in [1.29, 1.82) is 0 Å². The number of rotatable bonds is 3. The molecule has 0 saturated heterocycles. The lowest BCUT2D eigenvalue weighted by molar-refractivity contribution is -0.142. The van der Waals surface area contributed by atoms with E-state index in [4.69, 9.17) is 33.7 Å². The van der Waals surface area contributed by atoms with Crippen molar-refractivity contribution in [3.05, 3.63) is 63.6 Å². The lowest BCUT2D eigenvalue weighted by Gasteiger charge is -2.40. The van der Waals surface area contributed by atoms with E-state index in [0.29, 0.717) is 22.2 Å². The Morgan fingerprint density at radius 2 is 1.92 bits per heavy atom. The second-order valence-corrected chi connectivity index (χ2v) is 6.75. The molecule has 2 aromatic carbocycles. The molecule has 0 fully saturated rings. The summed E-state index contributed by atoms with van der Waals surface area (Å²) in [4.78, 5) is 23.9. The molecule has 2 atom stereocenters. The Morgan fingerprint density at radius 1 is 1.23 bits per heavy atom. The first-order chi connectivity index (χ1) is 12.4. The van der Waals surface area contributed by atoms with Gasteiger partial charge in [0.25, 0.3) is 0 Å². The second-order valence-electron chi connectivity index (χ2n) is 5.90. The van der Waals surface area contributed by atoms with E-state index in [2.05, 4.69) is 5.43 Å². The van der Waals surface area contributed by atoms with Gasteiger partial charge in [0.1, 0.15) is 6.04 Å². The monoisotopic (exact) mass is 393 g/mol. The highest BCUT2D eigenvalue weighted by atomic mass is 35.5. The van der Waals surface area contributed by atoms with Gasteiger partial charge in [-0.1, -0.05) is 53.5 Å². The molecular weight excluding hydrogens is 377 g/mol. The molecule has 6 nitrogen and oxygen atoms in total. The summed E-state index contributed by atoms with van der Waals surface area (Å²) in [6.45, 7) is 0. The number of benzene rings is 2. The first kappa shape index (κ1) is 18.4. The fourth-order valence-corrected chi connectivity index (χ4v) is 3.93. The number of nitrogens with zero attached hydrogens (tertiary/aromatic N) is 1. The average molecular weight is 394 g/mol. The second kappa shape index (κ2) is 7.43. The number of hydrogen-bond donors (Lipinski definition) is 2. The van der Waals surface area contributed by atoms with Crippen molar-refractivity contribution >= 4 is 40.9 Å². The van der Waals surface area contributed by atoms with Crippen molar-refractivity contribution in [2.45, 2.75) is 18.4 Å². The first-order valence-corrected chi connectivity index (χ1v) is 8.65. The van der Waals surface area contributed by atoms with E-state index in [1.54, 1.807) is 12.1 Å². The molecule has 26 heavy (non-hydrogen) atoms. The van der Waals surface area contributed by atoms with E-state index in [9.17, 15) is 9.59 Å². The lowest BCUT2D eigenvalue weighted by Crippen LogP contribution is -2.56. The summed E-state index contributed by atoms with van der Waals surface area (Å²) in [6, 6.07) is 11.4. The normalized spacial score (nSPS) is 18.8. The molecule has 0 bridgehead atoms. The highest BCUT2D eigenvalue weighted by Crippen LogP contribution is 2.46. The van der Waals surface area contributed by atoms with Crippen LogP contribution in [0.3, 0.4) is 0 Å². The minimum atomic E-state index is -0.806. The number of carbonyl (C=O) groups excluding carboxylic acids is 2.